The van der Waals surface area contributed by atoms with Crippen LogP contribution in [0, 0.1) is 0 Å². The first-order valence-corrected chi connectivity index (χ1v) is 5.60. The molecule has 9 heteroatoms. The maximum atomic E-state index is 12.2. The highest BCUT2D eigenvalue weighted by Crippen LogP contribution is 2.35. The Hall–Kier alpha value is -1.51. The molecule has 0 aliphatic carbocycles. The minimum absolute atomic E-state index is 0.0781. The molecule has 0 unspecified atom stereocenters. The SMILES string of the molecule is O=C(O)Cc1c(O)cnc(CBr)c1OC(F)(F)F. The van der Waals surface area contributed by atoms with Gasteiger partial charge in [-0.25, -0.2) is 0 Å². The van der Waals surface area contributed by atoms with E-state index in [1.54, 1.807) is 0 Å². The van der Waals surface area contributed by atoms with Gasteiger partial charge in [-0.1, -0.05) is 15.9 Å². The first-order chi connectivity index (χ1) is 8.24. The van der Waals surface area contributed by atoms with E-state index in [1.165, 1.54) is 0 Å². The van der Waals surface area contributed by atoms with Crippen molar-refractivity contribution in [1.82, 2.24) is 4.98 Å². The number of hydrogen-bond acceptors (Lipinski definition) is 4. The number of ether oxygens (including phenoxy) is 1. The summed E-state index contributed by atoms with van der Waals surface area (Å²) >= 11 is 2.90. The number of aromatic nitrogens is 1. The molecule has 2 N–H and O–H groups in total. The summed E-state index contributed by atoms with van der Waals surface area (Å²) in [6.45, 7) is 0. The average molecular weight is 330 g/mol. The predicted octanol–water partition coefficient (Wildman–Crippen LogP) is 2.21. The van der Waals surface area contributed by atoms with Crippen LogP contribution in [-0.4, -0.2) is 27.5 Å². The highest BCUT2D eigenvalue weighted by atomic mass is 79.9. The maximum absolute atomic E-state index is 12.2. The fourth-order valence-electron chi connectivity index (χ4n) is 1.22. The third-order valence-corrected chi connectivity index (χ3v) is 2.39. The van der Waals surface area contributed by atoms with E-state index >= 15 is 0 Å². The molecule has 0 fully saturated rings. The zero-order valence-electron chi connectivity index (χ0n) is 8.66. The van der Waals surface area contributed by atoms with Crippen molar-refractivity contribution >= 4 is 21.9 Å². The highest BCUT2D eigenvalue weighted by molar-refractivity contribution is 9.08. The molecule has 0 aliphatic heterocycles. The van der Waals surface area contributed by atoms with E-state index < -0.39 is 35.8 Å². The van der Waals surface area contributed by atoms with E-state index in [1.807, 2.05) is 0 Å². The van der Waals surface area contributed by atoms with Crippen molar-refractivity contribution in [2.75, 3.05) is 0 Å². The Labute approximate surface area is 107 Å². The van der Waals surface area contributed by atoms with Crippen molar-refractivity contribution in [2.45, 2.75) is 18.1 Å². The smallest absolute Gasteiger partial charge is 0.506 e. The fraction of sp³-hybridized carbons (Fsp3) is 0.333. The molecule has 5 nitrogen and oxygen atoms in total. The number of carboxylic acid groups (broad SMARTS) is 1. The second-order valence-corrected chi connectivity index (χ2v) is 3.71. The van der Waals surface area contributed by atoms with Crippen LogP contribution >= 0.6 is 15.9 Å². The number of pyridine rings is 1. The largest absolute Gasteiger partial charge is 0.573 e. The number of aromatic hydroxyl groups is 1. The van der Waals surface area contributed by atoms with Crippen LogP contribution in [-0.2, 0) is 16.5 Å². The molecule has 1 aromatic heterocycles. The van der Waals surface area contributed by atoms with Gasteiger partial charge in [-0.2, -0.15) is 0 Å². The number of carboxylic acids is 1. The van der Waals surface area contributed by atoms with Gasteiger partial charge >= 0.3 is 12.3 Å². The van der Waals surface area contributed by atoms with Crippen LogP contribution in [0.5, 0.6) is 11.5 Å². The van der Waals surface area contributed by atoms with Crippen molar-refractivity contribution < 1.29 is 32.9 Å². The van der Waals surface area contributed by atoms with Gasteiger partial charge in [0.05, 0.1) is 23.9 Å². The Morgan fingerprint density at radius 1 is 1.50 bits per heavy atom. The Morgan fingerprint density at radius 3 is 2.56 bits per heavy atom. The Bertz CT molecular complexity index is 464. The van der Waals surface area contributed by atoms with Crippen LogP contribution in [0.25, 0.3) is 0 Å². The summed E-state index contributed by atoms with van der Waals surface area (Å²) in [6.07, 6.45) is -4.93. The molecule has 0 amide bonds. The summed E-state index contributed by atoms with van der Waals surface area (Å²) < 4.78 is 40.4. The number of alkyl halides is 4. The molecule has 18 heavy (non-hydrogen) atoms. The van der Waals surface area contributed by atoms with Gasteiger partial charge in [0.1, 0.15) is 5.75 Å². The predicted molar refractivity (Wildman–Crippen MR) is 56.6 cm³/mol. The summed E-state index contributed by atoms with van der Waals surface area (Å²) in [5.41, 5.74) is -0.620. The van der Waals surface area contributed by atoms with E-state index in [0.717, 1.165) is 6.20 Å². The van der Waals surface area contributed by atoms with Gasteiger partial charge in [0.2, 0.25) is 0 Å². The van der Waals surface area contributed by atoms with Crippen molar-refractivity contribution in [2.24, 2.45) is 0 Å². The van der Waals surface area contributed by atoms with Crippen molar-refractivity contribution in [3.63, 3.8) is 0 Å². The summed E-state index contributed by atoms with van der Waals surface area (Å²) in [7, 11) is 0. The molecule has 0 radical (unpaired) electrons. The zero-order chi connectivity index (χ0) is 13.9. The molecule has 1 rings (SSSR count). The number of hydrogen-bond donors (Lipinski definition) is 2. The summed E-state index contributed by atoms with van der Waals surface area (Å²) in [5, 5.41) is 17.9. The third kappa shape index (κ3) is 3.76. The lowest BCUT2D eigenvalue weighted by molar-refractivity contribution is -0.275. The Balaban J connectivity index is 3.31. The molecule has 1 aromatic rings. The lowest BCUT2D eigenvalue weighted by Crippen LogP contribution is -2.20. The van der Waals surface area contributed by atoms with Gasteiger partial charge in [0.15, 0.2) is 5.75 Å². The zero-order valence-corrected chi connectivity index (χ0v) is 10.2. The van der Waals surface area contributed by atoms with Crippen LogP contribution in [0.1, 0.15) is 11.3 Å². The van der Waals surface area contributed by atoms with Crippen molar-refractivity contribution in [3.05, 3.63) is 17.5 Å². The minimum atomic E-state index is -5.00. The summed E-state index contributed by atoms with van der Waals surface area (Å²) in [6, 6.07) is 0. The van der Waals surface area contributed by atoms with Crippen LogP contribution in [0.2, 0.25) is 0 Å². The number of aliphatic carboxylic acids is 1. The van der Waals surface area contributed by atoms with Crippen molar-refractivity contribution in [1.29, 1.82) is 0 Å². The third-order valence-electron chi connectivity index (χ3n) is 1.86. The molecule has 0 saturated heterocycles. The van der Waals surface area contributed by atoms with Crippen LogP contribution < -0.4 is 4.74 Å². The lowest BCUT2D eigenvalue weighted by atomic mass is 10.1. The highest BCUT2D eigenvalue weighted by Gasteiger charge is 2.34. The van der Waals surface area contributed by atoms with Crippen molar-refractivity contribution in [3.8, 4) is 11.5 Å². The average Bonchev–Trinajstić information content (AvgIpc) is 2.21. The fourth-order valence-corrected chi connectivity index (χ4v) is 1.62. The van der Waals surface area contributed by atoms with Gasteiger partial charge in [-0.15, -0.1) is 13.2 Å². The summed E-state index contributed by atoms with van der Waals surface area (Å²) in [5.74, 6) is -2.85. The maximum Gasteiger partial charge on any atom is 0.573 e. The minimum Gasteiger partial charge on any atom is -0.506 e. The molecule has 0 atom stereocenters. The first kappa shape index (κ1) is 14.6. The van der Waals surface area contributed by atoms with Crippen LogP contribution in [0.4, 0.5) is 13.2 Å². The molecule has 0 bridgehead atoms. The van der Waals surface area contributed by atoms with Gasteiger partial charge in [0, 0.05) is 5.33 Å². The van der Waals surface area contributed by atoms with Gasteiger partial charge in [-0.3, -0.25) is 9.78 Å². The molecule has 100 valence electrons. The van der Waals surface area contributed by atoms with E-state index in [4.69, 9.17) is 5.11 Å². The van der Waals surface area contributed by atoms with Gasteiger partial charge in [0.25, 0.3) is 0 Å². The standard InChI is InChI=1S/C9H7BrF3NO4/c10-2-5-8(18-9(11,12)13)4(1-7(16)17)6(15)3-14-5/h3,15H,1-2H2,(H,16,17). The molecular formula is C9H7BrF3NO4. The molecule has 0 saturated carbocycles. The van der Waals surface area contributed by atoms with E-state index in [2.05, 4.69) is 25.7 Å². The number of halogens is 4. The lowest BCUT2D eigenvalue weighted by Gasteiger charge is -2.15. The normalized spacial score (nSPS) is 11.3. The molecule has 1 heterocycles. The number of carbonyl (C=O) groups is 1. The molecule has 0 aromatic carbocycles. The second kappa shape index (κ2) is 5.42. The van der Waals surface area contributed by atoms with Crippen LogP contribution in [0.3, 0.4) is 0 Å². The number of rotatable bonds is 4. The molecule has 0 spiro atoms. The van der Waals surface area contributed by atoms with Gasteiger partial charge < -0.3 is 14.9 Å². The number of nitrogens with zero attached hydrogens (tertiary/aromatic N) is 1. The monoisotopic (exact) mass is 329 g/mol. The van der Waals surface area contributed by atoms with E-state index in [-0.39, 0.29) is 11.0 Å². The van der Waals surface area contributed by atoms with Crippen LogP contribution in [0.15, 0.2) is 6.20 Å². The second-order valence-electron chi connectivity index (χ2n) is 3.15. The Morgan fingerprint density at radius 2 is 2.11 bits per heavy atom. The topological polar surface area (TPSA) is 79.7 Å². The summed E-state index contributed by atoms with van der Waals surface area (Å²) in [4.78, 5) is 14.1. The quantitative estimate of drug-likeness (QED) is 0.828. The first-order valence-electron chi connectivity index (χ1n) is 4.47. The van der Waals surface area contributed by atoms with E-state index in [9.17, 15) is 23.1 Å². The van der Waals surface area contributed by atoms with Gasteiger partial charge in [-0.05, 0) is 0 Å². The molecule has 0 aliphatic rings. The molecular weight excluding hydrogens is 323 g/mol. The Kier molecular flexibility index (Phi) is 4.38. The van der Waals surface area contributed by atoms with E-state index in [0.29, 0.717) is 0 Å².